The van der Waals surface area contributed by atoms with Crippen LogP contribution in [0.2, 0.25) is 0 Å². The second kappa shape index (κ2) is 11.7. The van der Waals surface area contributed by atoms with Crippen molar-refractivity contribution in [3.63, 3.8) is 0 Å². The molecule has 6 nitrogen and oxygen atoms in total. The maximum Gasteiger partial charge on any atom is 0.191 e. The van der Waals surface area contributed by atoms with Crippen LogP contribution in [-0.2, 0) is 0 Å². The predicted octanol–water partition coefficient (Wildman–Crippen LogP) is 2.27. The number of piperidine rings is 2. The summed E-state index contributed by atoms with van der Waals surface area (Å²) in [6, 6.07) is 10.2. The lowest BCUT2D eigenvalue weighted by atomic mass is 9.84. The molecule has 0 saturated carbocycles. The minimum absolute atomic E-state index is 0.0643. The minimum atomic E-state index is 0.0643. The summed E-state index contributed by atoms with van der Waals surface area (Å²) in [4.78, 5) is 10.2. The van der Waals surface area contributed by atoms with E-state index in [9.17, 15) is 5.11 Å². The number of guanidine groups is 1. The van der Waals surface area contributed by atoms with Crippen LogP contribution in [-0.4, -0.2) is 85.9 Å². The molecular formula is C24H41N5O. The fourth-order valence-corrected chi connectivity index (χ4v) is 4.78. The third kappa shape index (κ3) is 6.19. The number of benzene rings is 1. The highest BCUT2D eigenvalue weighted by Gasteiger charge is 2.39. The van der Waals surface area contributed by atoms with Gasteiger partial charge in [0.1, 0.15) is 0 Å². The van der Waals surface area contributed by atoms with Gasteiger partial charge in [0.25, 0.3) is 0 Å². The average molecular weight is 416 g/mol. The molecule has 3 rings (SSSR count). The number of aliphatic imine (C=N–C) groups is 1. The van der Waals surface area contributed by atoms with Crippen molar-refractivity contribution in [3.8, 4) is 0 Å². The Morgan fingerprint density at radius 1 is 1.07 bits per heavy atom. The van der Waals surface area contributed by atoms with Gasteiger partial charge in [-0.15, -0.1) is 0 Å². The summed E-state index contributed by atoms with van der Waals surface area (Å²) >= 11 is 0. The monoisotopic (exact) mass is 415 g/mol. The van der Waals surface area contributed by atoms with Crippen molar-refractivity contribution >= 4 is 5.96 Å². The Balaban J connectivity index is 1.67. The van der Waals surface area contributed by atoms with Crippen molar-refractivity contribution in [1.82, 2.24) is 20.4 Å². The summed E-state index contributed by atoms with van der Waals surface area (Å²) in [5.74, 6) is 0.927. The van der Waals surface area contributed by atoms with Gasteiger partial charge in [-0.3, -0.25) is 9.89 Å². The SMILES string of the molecule is CCNC(=NCC1(N2CCCCC2)CCN(C)CC1)NCC(CO)c1ccccc1. The van der Waals surface area contributed by atoms with E-state index in [4.69, 9.17) is 4.99 Å². The highest BCUT2D eigenvalue weighted by molar-refractivity contribution is 5.79. The summed E-state index contributed by atoms with van der Waals surface area (Å²) in [5.41, 5.74) is 1.34. The number of likely N-dealkylation sites (tertiary alicyclic amines) is 2. The lowest BCUT2D eigenvalue weighted by Gasteiger charge is -2.49. The summed E-state index contributed by atoms with van der Waals surface area (Å²) in [6.07, 6.45) is 6.37. The number of nitrogens with zero attached hydrogens (tertiary/aromatic N) is 3. The first kappa shape index (κ1) is 23.0. The molecule has 1 atom stereocenters. The fourth-order valence-electron chi connectivity index (χ4n) is 4.78. The first-order valence-electron chi connectivity index (χ1n) is 11.8. The molecule has 30 heavy (non-hydrogen) atoms. The van der Waals surface area contributed by atoms with Crippen LogP contribution in [0.5, 0.6) is 0 Å². The van der Waals surface area contributed by atoms with Crippen LogP contribution in [0.25, 0.3) is 0 Å². The van der Waals surface area contributed by atoms with Crippen molar-refractivity contribution < 1.29 is 5.11 Å². The molecule has 1 aromatic carbocycles. The van der Waals surface area contributed by atoms with Crippen molar-refractivity contribution in [2.24, 2.45) is 4.99 Å². The van der Waals surface area contributed by atoms with E-state index in [1.165, 1.54) is 45.2 Å². The van der Waals surface area contributed by atoms with E-state index in [1.807, 2.05) is 18.2 Å². The number of rotatable bonds is 8. The predicted molar refractivity (Wildman–Crippen MR) is 125 cm³/mol. The van der Waals surface area contributed by atoms with E-state index in [1.54, 1.807) is 0 Å². The van der Waals surface area contributed by atoms with Crippen LogP contribution in [0.4, 0.5) is 0 Å². The van der Waals surface area contributed by atoms with Crippen LogP contribution in [0.1, 0.15) is 50.5 Å². The van der Waals surface area contributed by atoms with E-state index in [-0.39, 0.29) is 18.1 Å². The molecule has 2 saturated heterocycles. The van der Waals surface area contributed by atoms with Gasteiger partial charge in [-0.2, -0.15) is 0 Å². The zero-order chi connectivity index (χ0) is 21.2. The Morgan fingerprint density at radius 2 is 1.77 bits per heavy atom. The Kier molecular flexibility index (Phi) is 8.97. The summed E-state index contributed by atoms with van der Waals surface area (Å²) in [6.45, 7) is 9.30. The van der Waals surface area contributed by atoms with Crippen LogP contribution in [0.3, 0.4) is 0 Å². The van der Waals surface area contributed by atoms with E-state index in [2.05, 4.69) is 46.5 Å². The second-order valence-electron chi connectivity index (χ2n) is 8.94. The zero-order valence-corrected chi connectivity index (χ0v) is 18.9. The van der Waals surface area contributed by atoms with Crippen LogP contribution >= 0.6 is 0 Å². The number of nitrogens with one attached hydrogen (secondary N) is 2. The quantitative estimate of drug-likeness (QED) is 0.449. The average Bonchev–Trinajstić information content (AvgIpc) is 2.80. The number of aliphatic hydroxyl groups is 1. The molecule has 168 valence electrons. The molecule has 2 heterocycles. The van der Waals surface area contributed by atoms with Gasteiger partial charge in [0.2, 0.25) is 0 Å². The molecule has 0 aromatic heterocycles. The largest absolute Gasteiger partial charge is 0.396 e. The fraction of sp³-hybridized carbons (Fsp3) is 0.708. The molecule has 0 radical (unpaired) electrons. The molecule has 0 aliphatic carbocycles. The van der Waals surface area contributed by atoms with E-state index >= 15 is 0 Å². The molecule has 0 amide bonds. The molecule has 1 unspecified atom stereocenters. The third-order valence-corrected chi connectivity index (χ3v) is 6.83. The smallest absolute Gasteiger partial charge is 0.191 e. The molecule has 0 spiro atoms. The standard InChI is InChI=1S/C24H41N5O/c1-3-25-23(26-18-22(19-30)21-10-6-4-7-11-21)27-20-24(12-16-28(2)17-13-24)29-14-8-5-9-15-29/h4,6-7,10-11,22,30H,3,5,8-9,12-20H2,1-2H3,(H2,25,26,27). The van der Waals surface area contributed by atoms with Gasteiger partial charge in [-0.05, 0) is 71.4 Å². The maximum atomic E-state index is 9.88. The van der Waals surface area contributed by atoms with Gasteiger partial charge >= 0.3 is 0 Å². The highest BCUT2D eigenvalue weighted by atomic mass is 16.3. The summed E-state index contributed by atoms with van der Waals surface area (Å²) < 4.78 is 0. The third-order valence-electron chi connectivity index (χ3n) is 6.83. The van der Waals surface area contributed by atoms with E-state index in [0.717, 1.165) is 37.7 Å². The van der Waals surface area contributed by atoms with Crippen molar-refractivity contribution in [2.45, 2.75) is 50.5 Å². The van der Waals surface area contributed by atoms with Gasteiger partial charge in [0.15, 0.2) is 5.96 Å². The molecule has 3 N–H and O–H groups in total. The number of hydrogen-bond acceptors (Lipinski definition) is 4. The van der Waals surface area contributed by atoms with Crippen LogP contribution in [0, 0.1) is 0 Å². The molecular weight excluding hydrogens is 374 g/mol. The maximum absolute atomic E-state index is 9.88. The van der Waals surface area contributed by atoms with Crippen LogP contribution in [0.15, 0.2) is 35.3 Å². The van der Waals surface area contributed by atoms with Gasteiger partial charge in [-0.25, -0.2) is 0 Å². The highest BCUT2D eigenvalue weighted by Crippen LogP contribution is 2.31. The Morgan fingerprint density at radius 3 is 2.40 bits per heavy atom. The second-order valence-corrected chi connectivity index (χ2v) is 8.94. The van der Waals surface area contributed by atoms with Gasteiger partial charge in [-0.1, -0.05) is 36.8 Å². The molecule has 2 aliphatic rings. The molecule has 2 fully saturated rings. The first-order valence-corrected chi connectivity index (χ1v) is 11.8. The normalized spacial score (nSPS) is 21.9. The van der Waals surface area contributed by atoms with E-state index < -0.39 is 0 Å². The topological polar surface area (TPSA) is 63.1 Å². The lowest BCUT2D eigenvalue weighted by molar-refractivity contribution is 0.0208. The van der Waals surface area contributed by atoms with Gasteiger partial charge in [0, 0.05) is 24.5 Å². The summed E-state index contributed by atoms with van der Waals surface area (Å²) in [5, 5.41) is 16.8. The zero-order valence-electron chi connectivity index (χ0n) is 18.9. The molecule has 0 bridgehead atoms. The van der Waals surface area contributed by atoms with Gasteiger partial charge in [0.05, 0.1) is 13.2 Å². The molecule has 1 aromatic rings. The van der Waals surface area contributed by atoms with Crippen LogP contribution < -0.4 is 10.6 Å². The Hall–Kier alpha value is -1.63. The lowest BCUT2D eigenvalue weighted by Crippen LogP contribution is -2.58. The molecule has 2 aliphatic heterocycles. The number of aliphatic hydroxyl groups excluding tert-OH is 1. The van der Waals surface area contributed by atoms with E-state index in [0.29, 0.717) is 6.54 Å². The first-order chi connectivity index (χ1) is 14.7. The number of hydrogen-bond donors (Lipinski definition) is 3. The van der Waals surface area contributed by atoms with Crippen molar-refractivity contribution in [2.75, 3.05) is 59.5 Å². The van der Waals surface area contributed by atoms with Crippen molar-refractivity contribution in [1.29, 1.82) is 0 Å². The summed E-state index contributed by atoms with van der Waals surface area (Å²) in [7, 11) is 2.23. The Labute approximate surface area is 182 Å². The minimum Gasteiger partial charge on any atom is -0.396 e. The molecule has 6 heteroatoms. The van der Waals surface area contributed by atoms with Crippen molar-refractivity contribution in [3.05, 3.63) is 35.9 Å². The Bertz CT molecular complexity index is 636. The van der Waals surface area contributed by atoms with Gasteiger partial charge < -0.3 is 20.6 Å².